The van der Waals surface area contributed by atoms with Gasteiger partial charge in [-0.2, -0.15) is 0 Å². The van der Waals surface area contributed by atoms with E-state index in [1.807, 2.05) is 55.5 Å². The van der Waals surface area contributed by atoms with E-state index in [4.69, 9.17) is 34.8 Å². The molecule has 2 aromatic carbocycles. The number of aryl methyl sites for hydroxylation is 1. The predicted molar refractivity (Wildman–Crippen MR) is 95.9 cm³/mol. The quantitative estimate of drug-likeness (QED) is 0.408. The molecule has 0 saturated carbocycles. The predicted octanol–water partition coefficient (Wildman–Crippen LogP) is 5.16. The number of halogens is 3. The number of nitrogens with zero attached hydrogens (tertiary/aromatic N) is 2. The highest BCUT2D eigenvalue weighted by Crippen LogP contribution is 2.36. The highest BCUT2D eigenvalue weighted by molar-refractivity contribution is 6.66. The number of hydrogen-bond acceptors (Lipinski definition) is 2. The van der Waals surface area contributed by atoms with Gasteiger partial charge in [-0.1, -0.05) is 65.0 Å². The van der Waals surface area contributed by atoms with E-state index in [1.165, 1.54) is 0 Å². The smallest absolute Gasteiger partial charge is 0.228 e. The number of benzene rings is 2. The van der Waals surface area contributed by atoms with Gasteiger partial charge in [0.2, 0.25) is 3.79 Å². The van der Waals surface area contributed by atoms with E-state index < -0.39 is 3.79 Å². The SMILES string of the molecule is Cc1cccc(C#Cc2nc(C(Cl)(Cl)Cl)nc3ccccc23)c1. The first-order chi connectivity index (χ1) is 10.9. The maximum absolute atomic E-state index is 5.93. The molecular formula is C18H11Cl3N2. The second kappa shape index (κ2) is 6.37. The van der Waals surface area contributed by atoms with Crippen LogP contribution in [0, 0.1) is 18.8 Å². The lowest BCUT2D eigenvalue weighted by Gasteiger charge is -2.10. The van der Waals surface area contributed by atoms with E-state index in [0.29, 0.717) is 11.2 Å². The Hall–Kier alpha value is -1.79. The zero-order valence-corrected chi connectivity index (χ0v) is 14.4. The van der Waals surface area contributed by atoms with Crippen molar-refractivity contribution in [2.24, 2.45) is 0 Å². The summed E-state index contributed by atoms with van der Waals surface area (Å²) in [7, 11) is 0. The number of hydrogen-bond donors (Lipinski definition) is 0. The first kappa shape index (κ1) is 16.1. The van der Waals surface area contributed by atoms with Crippen LogP contribution in [-0.4, -0.2) is 9.97 Å². The molecule has 0 N–H and O–H groups in total. The summed E-state index contributed by atoms with van der Waals surface area (Å²) in [4.78, 5) is 8.63. The van der Waals surface area contributed by atoms with Crippen molar-refractivity contribution in [3.8, 4) is 11.8 Å². The molecule has 1 aromatic heterocycles. The van der Waals surface area contributed by atoms with Gasteiger partial charge in [0.05, 0.1) is 5.52 Å². The van der Waals surface area contributed by atoms with Gasteiger partial charge >= 0.3 is 0 Å². The molecule has 114 valence electrons. The van der Waals surface area contributed by atoms with Gasteiger partial charge < -0.3 is 0 Å². The molecule has 0 saturated heterocycles. The van der Waals surface area contributed by atoms with Crippen molar-refractivity contribution in [3.05, 3.63) is 71.2 Å². The number of para-hydroxylation sites is 1. The van der Waals surface area contributed by atoms with Crippen molar-refractivity contribution < 1.29 is 0 Å². The van der Waals surface area contributed by atoms with Crippen LogP contribution < -0.4 is 0 Å². The number of alkyl halides is 3. The molecule has 0 atom stereocenters. The number of rotatable bonds is 0. The minimum absolute atomic E-state index is 0.120. The van der Waals surface area contributed by atoms with Gasteiger partial charge in [0.1, 0.15) is 5.69 Å². The van der Waals surface area contributed by atoms with Crippen molar-refractivity contribution >= 4 is 45.7 Å². The number of aromatic nitrogens is 2. The Balaban J connectivity index is 2.17. The average molecular weight is 362 g/mol. The molecular weight excluding hydrogens is 351 g/mol. The molecule has 3 rings (SSSR count). The van der Waals surface area contributed by atoms with Crippen LogP contribution in [0.25, 0.3) is 10.9 Å². The zero-order chi connectivity index (χ0) is 16.4. The summed E-state index contributed by atoms with van der Waals surface area (Å²) in [6, 6.07) is 15.4. The lowest BCUT2D eigenvalue weighted by molar-refractivity contribution is 0.987. The molecule has 2 nitrogen and oxygen atoms in total. The third kappa shape index (κ3) is 3.76. The van der Waals surface area contributed by atoms with E-state index in [9.17, 15) is 0 Å². The van der Waals surface area contributed by atoms with Gasteiger partial charge in [0, 0.05) is 10.9 Å². The van der Waals surface area contributed by atoms with Gasteiger partial charge in [0.25, 0.3) is 0 Å². The first-order valence-corrected chi connectivity index (χ1v) is 7.99. The molecule has 0 unspecified atom stereocenters. The number of fused-ring (bicyclic) bond motifs is 1. The topological polar surface area (TPSA) is 25.8 Å². The standard InChI is InChI=1S/C18H11Cl3N2/c1-12-5-4-6-13(11-12)9-10-16-14-7-2-3-8-15(14)22-17(23-16)18(19,20)21/h2-8,11H,1H3. The third-order valence-electron chi connectivity index (χ3n) is 3.20. The molecule has 5 heteroatoms. The maximum Gasteiger partial charge on any atom is 0.250 e. The summed E-state index contributed by atoms with van der Waals surface area (Å²) in [5, 5.41) is 0.825. The van der Waals surface area contributed by atoms with Gasteiger partial charge in [-0.3, -0.25) is 0 Å². The molecule has 0 bridgehead atoms. The maximum atomic E-state index is 5.93. The van der Waals surface area contributed by atoms with Crippen LogP contribution in [-0.2, 0) is 3.79 Å². The molecule has 23 heavy (non-hydrogen) atoms. The minimum atomic E-state index is -1.69. The highest BCUT2D eigenvalue weighted by Gasteiger charge is 2.27. The average Bonchev–Trinajstić information content (AvgIpc) is 2.51. The fourth-order valence-corrected chi connectivity index (χ4v) is 2.41. The van der Waals surface area contributed by atoms with Crippen LogP contribution in [0.15, 0.2) is 48.5 Å². The van der Waals surface area contributed by atoms with Gasteiger partial charge in [-0.15, -0.1) is 0 Å². The molecule has 0 radical (unpaired) electrons. The zero-order valence-electron chi connectivity index (χ0n) is 12.1. The Kier molecular flexibility index (Phi) is 4.46. The molecule has 0 aliphatic rings. The van der Waals surface area contributed by atoms with Crippen LogP contribution in [0.1, 0.15) is 22.6 Å². The normalized spacial score (nSPS) is 11.1. The monoisotopic (exact) mass is 360 g/mol. The van der Waals surface area contributed by atoms with Crippen molar-refractivity contribution in [1.29, 1.82) is 0 Å². The van der Waals surface area contributed by atoms with Crippen LogP contribution in [0.3, 0.4) is 0 Å². The summed E-state index contributed by atoms with van der Waals surface area (Å²) in [5.41, 5.74) is 3.28. The Morgan fingerprint density at radius 2 is 1.70 bits per heavy atom. The second-order valence-electron chi connectivity index (χ2n) is 5.03. The Bertz CT molecular complexity index is 934. The van der Waals surface area contributed by atoms with Crippen LogP contribution in [0.5, 0.6) is 0 Å². The Morgan fingerprint density at radius 1 is 0.913 bits per heavy atom. The second-order valence-corrected chi connectivity index (χ2v) is 7.31. The molecule has 0 spiro atoms. The lowest BCUT2D eigenvalue weighted by atomic mass is 10.1. The van der Waals surface area contributed by atoms with Crippen LogP contribution >= 0.6 is 34.8 Å². The van der Waals surface area contributed by atoms with Gasteiger partial charge in [0.15, 0.2) is 5.82 Å². The van der Waals surface area contributed by atoms with Gasteiger partial charge in [-0.25, -0.2) is 9.97 Å². The highest BCUT2D eigenvalue weighted by atomic mass is 35.6. The van der Waals surface area contributed by atoms with Crippen LogP contribution in [0.4, 0.5) is 0 Å². The minimum Gasteiger partial charge on any atom is -0.228 e. The lowest BCUT2D eigenvalue weighted by Crippen LogP contribution is -2.08. The van der Waals surface area contributed by atoms with Crippen molar-refractivity contribution in [1.82, 2.24) is 9.97 Å². The molecule has 0 aliphatic heterocycles. The Labute approximate surface area is 149 Å². The summed E-state index contributed by atoms with van der Waals surface area (Å²) in [6.07, 6.45) is 0. The van der Waals surface area contributed by atoms with E-state index in [2.05, 4.69) is 21.8 Å². The van der Waals surface area contributed by atoms with E-state index in [0.717, 1.165) is 16.5 Å². The summed E-state index contributed by atoms with van der Waals surface area (Å²) >= 11 is 17.8. The largest absolute Gasteiger partial charge is 0.250 e. The van der Waals surface area contributed by atoms with Gasteiger partial charge in [-0.05, 0) is 42.7 Å². The molecule has 0 aliphatic carbocycles. The summed E-state index contributed by atoms with van der Waals surface area (Å²) < 4.78 is -1.69. The third-order valence-corrected chi connectivity index (χ3v) is 3.71. The van der Waals surface area contributed by atoms with Crippen molar-refractivity contribution in [2.75, 3.05) is 0 Å². The molecule has 0 amide bonds. The van der Waals surface area contributed by atoms with E-state index in [1.54, 1.807) is 0 Å². The van der Waals surface area contributed by atoms with Crippen molar-refractivity contribution in [2.45, 2.75) is 10.7 Å². The summed E-state index contributed by atoms with van der Waals surface area (Å²) in [6.45, 7) is 2.02. The fourth-order valence-electron chi connectivity index (χ4n) is 2.15. The van der Waals surface area contributed by atoms with E-state index >= 15 is 0 Å². The first-order valence-electron chi connectivity index (χ1n) is 6.86. The molecule has 3 aromatic rings. The fraction of sp³-hybridized carbons (Fsp3) is 0.111. The molecule has 1 heterocycles. The molecule has 0 fully saturated rings. The summed E-state index contributed by atoms with van der Waals surface area (Å²) in [5.74, 6) is 6.29. The van der Waals surface area contributed by atoms with Crippen molar-refractivity contribution in [3.63, 3.8) is 0 Å². The Morgan fingerprint density at radius 3 is 2.43 bits per heavy atom. The van der Waals surface area contributed by atoms with Crippen LogP contribution in [0.2, 0.25) is 0 Å². The van der Waals surface area contributed by atoms with E-state index in [-0.39, 0.29) is 5.82 Å².